The zero-order chi connectivity index (χ0) is 12.7. The second kappa shape index (κ2) is 4.67. The van der Waals surface area contributed by atoms with Crippen molar-refractivity contribution in [2.75, 3.05) is 6.61 Å². The van der Waals surface area contributed by atoms with E-state index in [0.717, 1.165) is 24.6 Å². The number of hydrogen-bond acceptors (Lipinski definition) is 3. The van der Waals surface area contributed by atoms with Gasteiger partial charge in [0.1, 0.15) is 0 Å². The highest BCUT2D eigenvalue weighted by atomic mass is 16.5. The van der Waals surface area contributed by atoms with Gasteiger partial charge in [-0.1, -0.05) is 13.8 Å². The number of nitrogens with two attached hydrogens (primary N) is 1. The number of ether oxygens (including phenoxy) is 1. The Hall–Kier alpha value is -0.870. The lowest BCUT2D eigenvalue weighted by Crippen LogP contribution is -2.27. The lowest BCUT2D eigenvalue weighted by Gasteiger charge is -2.25. The first kappa shape index (κ1) is 12.2. The summed E-state index contributed by atoms with van der Waals surface area (Å²) < 4.78 is 8.20. The van der Waals surface area contributed by atoms with Crippen molar-refractivity contribution in [3.63, 3.8) is 0 Å². The maximum Gasteiger partial charge on any atom is 0.0952 e. The van der Waals surface area contributed by atoms with Gasteiger partial charge in [-0.2, -0.15) is 0 Å². The predicted molar refractivity (Wildman–Crippen MR) is 70.1 cm³/mol. The average Bonchev–Trinajstić information content (AvgIpc) is 2.91. The third-order valence-electron chi connectivity index (χ3n) is 4.30. The van der Waals surface area contributed by atoms with Gasteiger partial charge in [0.2, 0.25) is 0 Å². The minimum absolute atomic E-state index is 0.0629. The Labute approximate surface area is 109 Å². The van der Waals surface area contributed by atoms with E-state index in [4.69, 9.17) is 10.5 Å². The van der Waals surface area contributed by atoms with Crippen LogP contribution in [-0.4, -0.2) is 22.3 Å². The molecule has 1 saturated heterocycles. The van der Waals surface area contributed by atoms with Crippen LogP contribution < -0.4 is 5.73 Å². The minimum atomic E-state index is 0.0629. The summed E-state index contributed by atoms with van der Waals surface area (Å²) in [5, 5.41) is 0. The second-order valence-corrected chi connectivity index (χ2v) is 6.02. The lowest BCUT2D eigenvalue weighted by molar-refractivity contribution is 0.0742. The van der Waals surface area contributed by atoms with Gasteiger partial charge in [0, 0.05) is 18.8 Å². The molecule has 3 atom stereocenters. The molecule has 1 aromatic heterocycles. The van der Waals surface area contributed by atoms with Crippen LogP contribution in [0.4, 0.5) is 0 Å². The van der Waals surface area contributed by atoms with Crippen LogP contribution in [0.3, 0.4) is 0 Å². The van der Waals surface area contributed by atoms with Crippen molar-refractivity contribution in [3.05, 3.63) is 18.2 Å². The van der Waals surface area contributed by atoms with E-state index in [1.165, 1.54) is 12.8 Å². The Balaban J connectivity index is 1.85. The Morgan fingerprint density at radius 3 is 2.83 bits per heavy atom. The summed E-state index contributed by atoms with van der Waals surface area (Å²) in [6.07, 6.45) is 7.98. The molecule has 3 unspecified atom stereocenters. The Bertz CT molecular complexity index is 411. The molecule has 4 nitrogen and oxygen atoms in total. The van der Waals surface area contributed by atoms with Crippen molar-refractivity contribution in [1.82, 2.24) is 9.55 Å². The second-order valence-electron chi connectivity index (χ2n) is 6.02. The molecule has 0 radical (unpaired) electrons. The fourth-order valence-electron chi connectivity index (χ4n) is 2.96. The van der Waals surface area contributed by atoms with E-state index in [1.54, 1.807) is 0 Å². The lowest BCUT2D eigenvalue weighted by atomic mass is 10.0. The van der Waals surface area contributed by atoms with E-state index in [9.17, 15) is 0 Å². The molecule has 1 aliphatic heterocycles. The van der Waals surface area contributed by atoms with Crippen LogP contribution in [0.2, 0.25) is 0 Å². The standard InChI is InChI=1S/C14H23N3O/c1-9(2)13(15)12-7-16-8-17(12)11-5-6-18-14(11)10-3-4-10/h7-11,13-14H,3-6,15H2,1-2H3. The predicted octanol–water partition coefficient (Wildman–Crippen LogP) is 2.28. The molecule has 0 amide bonds. The van der Waals surface area contributed by atoms with Crippen LogP contribution in [0.15, 0.2) is 12.5 Å². The highest BCUT2D eigenvalue weighted by Gasteiger charge is 2.42. The minimum Gasteiger partial charge on any atom is -0.376 e. The molecule has 0 bridgehead atoms. The van der Waals surface area contributed by atoms with E-state index < -0.39 is 0 Å². The molecule has 1 aromatic rings. The molecule has 1 aliphatic carbocycles. The maximum atomic E-state index is 6.29. The summed E-state index contributed by atoms with van der Waals surface area (Å²) in [5.74, 6) is 1.20. The zero-order valence-corrected chi connectivity index (χ0v) is 11.2. The molecule has 2 N–H and O–H groups in total. The largest absolute Gasteiger partial charge is 0.376 e. The van der Waals surface area contributed by atoms with E-state index in [0.29, 0.717) is 18.1 Å². The number of imidazole rings is 1. The van der Waals surface area contributed by atoms with Crippen LogP contribution in [0.25, 0.3) is 0 Å². The molecule has 0 spiro atoms. The molecule has 1 saturated carbocycles. The molecular formula is C14H23N3O. The van der Waals surface area contributed by atoms with Gasteiger partial charge < -0.3 is 15.0 Å². The number of aromatic nitrogens is 2. The van der Waals surface area contributed by atoms with E-state index in [1.807, 2.05) is 12.5 Å². The van der Waals surface area contributed by atoms with Crippen molar-refractivity contribution in [2.24, 2.45) is 17.6 Å². The van der Waals surface area contributed by atoms with Crippen LogP contribution in [0.5, 0.6) is 0 Å². The third-order valence-corrected chi connectivity index (χ3v) is 4.30. The first-order valence-corrected chi connectivity index (χ1v) is 7.07. The maximum absolute atomic E-state index is 6.29. The Morgan fingerprint density at radius 2 is 2.17 bits per heavy atom. The van der Waals surface area contributed by atoms with Gasteiger partial charge in [0.15, 0.2) is 0 Å². The fraction of sp³-hybridized carbons (Fsp3) is 0.786. The summed E-state index contributed by atoms with van der Waals surface area (Å²) in [6.45, 7) is 5.19. The highest BCUT2D eigenvalue weighted by Crippen LogP contribution is 2.44. The van der Waals surface area contributed by atoms with Gasteiger partial charge in [-0.3, -0.25) is 0 Å². The summed E-state index contributed by atoms with van der Waals surface area (Å²) in [7, 11) is 0. The molecule has 2 fully saturated rings. The quantitative estimate of drug-likeness (QED) is 0.890. The summed E-state index contributed by atoms with van der Waals surface area (Å²) in [6, 6.07) is 0.507. The van der Waals surface area contributed by atoms with Crippen molar-refractivity contribution in [1.29, 1.82) is 0 Å². The topological polar surface area (TPSA) is 53.1 Å². The molecular weight excluding hydrogens is 226 g/mol. The molecule has 0 aromatic carbocycles. The molecule has 2 heterocycles. The SMILES string of the molecule is CC(C)C(N)c1cncn1C1CCOC1C1CC1. The van der Waals surface area contributed by atoms with Gasteiger partial charge in [0.25, 0.3) is 0 Å². The van der Waals surface area contributed by atoms with Gasteiger partial charge >= 0.3 is 0 Å². The average molecular weight is 249 g/mol. The normalized spacial score (nSPS) is 30.0. The van der Waals surface area contributed by atoms with Gasteiger partial charge in [0.05, 0.1) is 24.2 Å². The number of nitrogens with zero attached hydrogens (tertiary/aromatic N) is 2. The molecule has 2 aliphatic rings. The van der Waals surface area contributed by atoms with Gasteiger partial charge in [-0.25, -0.2) is 4.98 Å². The van der Waals surface area contributed by atoms with Crippen LogP contribution in [0.1, 0.15) is 50.9 Å². The van der Waals surface area contributed by atoms with Crippen LogP contribution >= 0.6 is 0 Å². The van der Waals surface area contributed by atoms with Crippen molar-refractivity contribution in [2.45, 2.75) is 51.3 Å². The summed E-state index contributed by atoms with van der Waals surface area (Å²) in [5.41, 5.74) is 7.44. The zero-order valence-electron chi connectivity index (χ0n) is 11.2. The molecule has 4 heteroatoms. The molecule has 18 heavy (non-hydrogen) atoms. The Morgan fingerprint density at radius 1 is 1.39 bits per heavy atom. The third kappa shape index (κ3) is 2.08. The highest BCUT2D eigenvalue weighted by molar-refractivity contribution is 5.09. The molecule has 100 valence electrons. The van der Waals surface area contributed by atoms with Gasteiger partial charge in [-0.05, 0) is 31.1 Å². The van der Waals surface area contributed by atoms with Crippen molar-refractivity contribution < 1.29 is 4.74 Å². The van der Waals surface area contributed by atoms with Crippen molar-refractivity contribution in [3.8, 4) is 0 Å². The van der Waals surface area contributed by atoms with E-state index >= 15 is 0 Å². The van der Waals surface area contributed by atoms with Crippen LogP contribution in [0, 0.1) is 11.8 Å². The fourth-order valence-corrected chi connectivity index (χ4v) is 2.96. The number of rotatable bonds is 4. The Kier molecular flexibility index (Phi) is 3.16. The van der Waals surface area contributed by atoms with Gasteiger partial charge in [-0.15, -0.1) is 0 Å². The van der Waals surface area contributed by atoms with E-state index in [2.05, 4.69) is 23.4 Å². The first-order valence-electron chi connectivity index (χ1n) is 7.07. The number of hydrogen-bond donors (Lipinski definition) is 1. The smallest absolute Gasteiger partial charge is 0.0952 e. The van der Waals surface area contributed by atoms with Crippen LogP contribution in [-0.2, 0) is 4.74 Å². The first-order chi connectivity index (χ1) is 8.68. The monoisotopic (exact) mass is 249 g/mol. The van der Waals surface area contributed by atoms with Crippen molar-refractivity contribution >= 4 is 0 Å². The van der Waals surface area contributed by atoms with E-state index in [-0.39, 0.29) is 6.04 Å². The summed E-state index contributed by atoms with van der Waals surface area (Å²) in [4.78, 5) is 4.31. The molecule has 3 rings (SSSR count). The summed E-state index contributed by atoms with van der Waals surface area (Å²) >= 11 is 0.